The number of nitro groups is 1. The number of rotatable bonds is 3. The number of nitrogens with zero attached hydrogens (tertiary/aromatic N) is 3. The van der Waals surface area contributed by atoms with E-state index in [0.29, 0.717) is 0 Å². The summed E-state index contributed by atoms with van der Waals surface area (Å²) >= 11 is 5.69. The molecule has 7 nitrogen and oxygen atoms in total. The number of carbonyl (C=O) groups is 1. The Morgan fingerprint density at radius 3 is 2.55 bits per heavy atom. The van der Waals surface area contributed by atoms with Gasteiger partial charge < -0.3 is 0 Å². The molecule has 1 N–H and O–H groups in total. The van der Waals surface area contributed by atoms with E-state index in [-0.39, 0.29) is 10.7 Å². The molecule has 2 aromatic heterocycles. The molecular weight excluding hydrogens is 284 g/mol. The van der Waals surface area contributed by atoms with Gasteiger partial charge >= 0.3 is 0 Å². The van der Waals surface area contributed by atoms with Crippen LogP contribution in [0, 0.1) is 24.0 Å². The standard InChI is InChI=1S/C12H11ClN4O3/c1-7-3-4-8(2)16(7)15-12(18)9-5-11(13)14-6-10(9)17(19)20/h3-6H,1-2H3,(H,15,18). The lowest BCUT2D eigenvalue weighted by Crippen LogP contribution is -2.25. The van der Waals surface area contributed by atoms with Crippen LogP contribution >= 0.6 is 11.6 Å². The summed E-state index contributed by atoms with van der Waals surface area (Å²) < 4.78 is 1.54. The Balaban J connectivity index is 2.39. The molecule has 0 fully saturated rings. The van der Waals surface area contributed by atoms with Crippen molar-refractivity contribution in [2.75, 3.05) is 5.43 Å². The van der Waals surface area contributed by atoms with Gasteiger partial charge in [0.25, 0.3) is 11.6 Å². The Morgan fingerprint density at radius 1 is 1.40 bits per heavy atom. The minimum absolute atomic E-state index is 0.0155. The van der Waals surface area contributed by atoms with Crippen molar-refractivity contribution in [1.82, 2.24) is 9.66 Å². The molecule has 2 heterocycles. The van der Waals surface area contributed by atoms with Crippen LogP contribution in [-0.2, 0) is 0 Å². The molecule has 0 aliphatic carbocycles. The number of aryl methyl sites for hydroxylation is 2. The first-order chi connectivity index (χ1) is 9.40. The number of hydrogen-bond acceptors (Lipinski definition) is 4. The van der Waals surface area contributed by atoms with Crippen molar-refractivity contribution in [3.05, 3.63) is 56.6 Å². The minimum Gasteiger partial charge on any atom is -0.267 e. The number of pyridine rings is 1. The largest absolute Gasteiger partial charge is 0.300 e. The molecule has 20 heavy (non-hydrogen) atoms. The zero-order valence-electron chi connectivity index (χ0n) is 10.8. The van der Waals surface area contributed by atoms with Gasteiger partial charge in [-0.3, -0.25) is 25.0 Å². The molecule has 0 unspecified atom stereocenters. The average Bonchev–Trinajstić information content (AvgIpc) is 2.70. The van der Waals surface area contributed by atoms with E-state index in [1.807, 2.05) is 12.1 Å². The molecule has 0 saturated heterocycles. The third-order valence-corrected chi connectivity index (χ3v) is 2.98. The van der Waals surface area contributed by atoms with Crippen LogP contribution in [0.2, 0.25) is 5.15 Å². The van der Waals surface area contributed by atoms with E-state index >= 15 is 0 Å². The highest BCUT2D eigenvalue weighted by Crippen LogP contribution is 2.20. The zero-order valence-corrected chi connectivity index (χ0v) is 11.5. The molecule has 0 radical (unpaired) electrons. The molecule has 0 spiro atoms. The Labute approximate surface area is 119 Å². The quantitative estimate of drug-likeness (QED) is 0.535. The monoisotopic (exact) mass is 294 g/mol. The molecule has 104 valence electrons. The Kier molecular flexibility index (Phi) is 3.71. The SMILES string of the molecule is Cc1ccc(C)n1NC(=O)c1cc(Cl)ncc1[N+](=O)[O-]. The lowest BCUT2D eigenvalue weighted by molar-refractivity contribution is -0.385. The summed E-state index contributed by atoms with van der Waals surface area (Å²) in [4.78, 5) is 26.0. The second-order valence-electron chi connectivity index (χ2n) is 4.17. The van der Waals surface area contributed by atoms with Gasteiger partial charge in [0.1, 0.15) is 16.9 Å². The normalized spacial score (nSPS) is 10.3. The van der Waals surface area contributed by atoms with Crippen molar-refractivity contribution in [1.29, 1.82) is 0 Å². The van der Waals surface area contributed by atoms with Crippen LogP contribution in [0.1, 0.15) is 21.7 Å². The Bertz CT molecular complexity index is 677. The summed E-state index contributed by atoms with van der Waals surface area (Å²) in [5.74, 6) is -0.622. The summed E-state index contributed by atoms with van der Waals surface area (Å²) in [6.45, 7) is 3.61. The zero-order chi connectivity index (χ0) is 14.9. The lowest BCUT2D eigenvalue weighted by atomic mass is 10.2. The van der Waals surface area contributed by atoms with E-state index in [0.717, 1.165) is 17.6 Å². The van der Waals surface area contributed by atoms with Gasteiger partial charge in [-0.25, -0.2) is 4.98 Å². The summed E-state index contributed by atoms with van der Waals surface area (Å²) in [6, 6.07) is 4.82. The molecule has 2 rings (SSSR count). The molecule has 0 saturated carbocycles. The van der Waals surface area contributed by atoms with Crippen molar-refractivity contribution in [3.8, 4) is 0 Å². The summed E-state index contributed by atoms with van der Waals surface area (Å²) in [7, 11) is 0. The third-order valence-electron chi connectivity index (χ3n) is 2.78. The molecule has 1 amide bonds. The third kappa shape index (κ3) is 2.62. The highest BCUT2D eigenvalue weighted by molar-refractivity contribution is 6.30. The molecular formula is C12H11ClN4O3. The van der Waals surface area contributed by atoms with Crippen molar-refractivity contribution >= 4 is 23.2 Å². The molecule has 2 aromatic rings. The summed E-state index contributed by atoms with van der Waals surface area (Å²) in [6.07, 6.45) is 0.965. The predicted octanol–water partition coefficient (Wildman–Crippen LogP) is 2.45. The van der Waals surface area contributed by atoms with Gasteiger partial charge in [-0.15, -0.1) is 0 Å². The summed E-state index contributed by atoms with van der Waals surface area (Å²) in [5.41, 5.74) is 3.66. The van der Waals surface area contributed by atoms with Crippen LogP contribution < -0.4 is 5.43 Å². The van der Waals surface area contributed by atoms with Crippen molar-refractivity contribution < 1.29 is 9.72 Å². The second-order valence-corrected chi connectivity index (χ2v) is 4.56. The van der Waals surface area contributed by atoms with Gasteiger partial charge in [0, 0.05) is 11.4 Å². The number of hydrogen-bond donors (Lipinski definition) is 1. The number of halogens is 1. The van der Waals surface area contributed by atoms with Crippen LogP contribution in [0.3, 0.4) is 0 Å². The average molecular weight is 295 g/mol. The van der Waals surface area contributed by atoms with Crippen molar-refractivity contribution in [3.63, 3.8) is 0 Å². The maximum atomic E-state index is 12.2. The van der Waals surface area contributed by atoms with E-state index in [1.54, 1.807) is 18.5 Å². The Morgan fingerprint density at radius 2 is 2.00 bits per heavy atom. The van der Waals surface area contributed by atoms with E-state index in [1.165, 1.54) is 6.07 Å². The molecule has 0 atom stereocenters. The highest BCUT2D eigenvalue weighted by atomic mass is 35.5. The number of amides is 1. The molecule has 8 heteroatoms. The van der Waals surface area contributed by atoms with Gasteiger partial charge in [-0.1, -0.05) is 11.6 Å². The van der Waals surface area contributed by atoms with Gasteiger partial charge in [-0.05, 0) is 32.0 Å². The van der Waals surface area contributed by atoms with Crippen LogP contribution in [0.15, 0.2) is 24.4 Å². The van der Waals surface area contributed by atoms with E-state index in [2.05, 4.69) is 10.4 Å². The fourth-order valence-electron chi connectivity index (χ4n) is 1.76. The first-order valence-electron chi connectivity index (χ1n) is 5.66. The van der Waals surface area contributed by atoms with E-state index in [9.17, 15) is 14.9 Å². The van der Waals surface area contributed by atoms with Crippen molar-refractivity contribution in [2.45, 2.75) is 13.8 Å². The molecule has 0 aliphatic rings. The van der Waals surface area contributed by atoms with Crippen LogP contribution in [0.25, 0.3) is 0 Å². The Hall–Kier alpha value is -2.41. The van der Waals surface area contributed by atoms with Gasteiger partial charge in [0.05, 0.1) is 4.92 Å². The second kappa shape index (κ2) is 5.30. The number of carbonyl (C=O) groups excluding carboxylic acids is 1. The van der Waals surface area contributed by atoms with Crippen molar-refractivity contribution in [2.24, 2.45) is 0 Å². The highest BCUT2D eigenvalue weighted by Gasteiger charge is 2.22. The smallest absolute Gasteiger partial charge is 0.267 e. The number of aromatic nitrogens is 2. The summed E-state index contributed by atoms with van der Waals surface area (Å²) in [5, 5.41) is 10.9. The predicted molar refractivity (Wildman–Crippen MR) is 73.5 cm³/mol. The lowest BCUT2D eigenvalue weighted by Gasteiger charge is -2.11. The van der Waals surface area contributed by atoms with Crippen LogP contribution in [0.4, 0.5) is 5.69 Å². The van der Waals surface area contributed by atoms with Gasteiger partial charge in [0.2, 0.25) is 0 Å². The van der Waals surface area contributed by atoms with Gasteiger partial charge in [0.15, 0.2) is 0 Å². The molecule has 0 aliphatic heterocycles. The molecule has 0 bridgehead atoms. The maximum Gasteiger partial charge on any atom is 0.300 e. The first-order valence-corrected chi connectivity index (χ1v) is 6.04. The molecule has 0 aromatic carbocycles. The van der Waals surface area contributed by atoms with Gasteiger partial charge in [-0.2, -0.15) is 0 Å². The van der Waals surface area contributed by atoms with E-state index in [4.69, 9.17) is 11.6 Å². The fraction of sp³-hybridized carbons (Fsp3) is 0.167. The van der Waals surface area contributed by atoms with Crippen LogP contribution in [0.5, 0.6) is 0 Å². The number of nitrogens with one attached hydrogen (secondary N) is 1. The maximum absolute atomic E-state index is 12.2. The topological polar surface area (TPSA) is 90.1 Å². The minimum atomic E-state index is -0.673. The van der Waals surface area contributed by atoms with E-state index < -0.39 is 16.5 Å². The first kappa shape index (κ1) is 14.0. The fourth-order valence-corrected chi connectivity index (χ4v) is 1.91. The van der Waals surface area contributed by atoms with Crippen LogP contribution in [-0.4, -0.2) is 20.5 Å².